The van der Waals surface area contributed by atoms with E-state index in [1.165, 1.54) is 17.4 Å². The second-order valence-electron chi connectivity index (χ2n) is 6.63. The predicted molar refractivity (Wildman–Crippen MR) is 110 cm³/mol. The average Bonchev–Trinajstić information content (AvgIpc) is 3.32. The number of aromatic nitrogens is 1. The molecule has 6 nitrogen and oxygen atoms in total. The molecule has 1 amide bonds. The normalized spacial score (nSPS) is 13.4. The van der Waals surface area contributed by atoms with Gasteiger partial charge >= 0.3 is 0 Å². The SMILES string of the molecule is Cc1ccccc1CC(=O)N1CCc2cc(S(=O)(=O)Nc3nccs3)ccc21. The number of sulfonamides is 1. The number of hydrogen-bond acceptors (Lipinski definition) is 5. The van der Waals surface area contributed by atoms with E-state index in [1.807, 2.05) is 31.2 Å². The molecule has 1 aliphatic rings. The topological polar surface area (TPSA) is 79.4 Å². The minimum atomic E-state index is -3.70. The van der Waals surface area contributed by atoms with Crippen molar-refractivity contribution in [3.8, 4) is 0 Å². The zero-order chi connectivity index (χ0) is 19.7. The summed E-state index contributed by atoms with van der Waals surface area (Å²) in [4.78, 5) is 18.7. The Balaban J connectivity index is 1.55. The minimum Gasteiger partial charge on any atom is -0.312 e. The summed E-state index contributed by atoms with van der Waals surface area (Å²) >= 11 is 1.22. The van der Waals surface area contributed by atoms with E-state index in [1.54, 1.807) is 28.6 Å². The third-order valence-corrected chi connectivity index (χ3v) is 6.97. The number of aryl methyl sites for hydroxylation is 1. The van der Waals surface area contributed by atoms with Crippen LogP contribution < -0.4 is 9.62 Å². The van der Waals surface area contributed by atoms with Crippen molar-refractivity contribution in [1.82, 2.24) is 4.98 Å². The van der Waals surface area contributed by atoms with Gasteiger partial charge in [0.15, 0.2) is 5.13 Å². The van der Waals surface area contributed by atoms with E-state index in [-0.39, 0.29) is 10.8 Å². The molecule has 28 heavy (non-hydrogen) atoms. The molecule has 0 fully saturated rings. The van der Waals surface area contributed by atoms with Crippen LogP contribution in [0.1, 0.15) is 16.7 Å². The van der Waals surface area contributed by atoms with Crippen LogP contribution in [0.2, 0.25) is 0 Å². The first kappa shape index (κ1) is 18.6. The number of benzene rings is 2. The highest BCUT2D eigenvalue weighted by Crippen LogP contribution is 2.31. The van der Waals surface area contributed by atoms with Crippen molar-refractivity contribution >= 4 is 38.1 Å². The van der Waals surface area contributed by atoms with Gasteiger partial charge in [0.1, 0.15) is 0 Å². The number of amides is 1. The highest BCUT2D eigenvalue weighted by Gasteiger charge is 2.27. The third-order valence-electron chi connectivity index (χ3n) is 4.81. The van der Waals surface area contributed by atoms with Gasteiger partial charge < -0.3 is 4.90 Å². The number of fused-ring (bicyclic) bond motifs is 1. The van der Waals surface area contributed by atoms with Crippen molar-refractivity contribution in [2.75, 3.05) is 16.2 Å². The van der Waals surface area contributed by atoms with Gasteiger partial charge in [-0.15, -0.1) is 11.3 Å². The molecular formula is C20H19N3O3S2. The Hall–Kier alpha value is -2.71. The van der Waals surface area contributed by atoms with Crippen molar-refractivity contribution in [1.29, 1.82) is 0 Å². The van der Waals surface area contributed by atoms with Gasteiger partial charge in [0.25, 0.3) is 10.0 Å². The van der Waals surface area contributed by atoms with Gasteiger partial charge in [-0.2, -0.15) is 0 Å². The highest BCUT2D eigenvalue weighted by molar-refractivity contribution is 7.93. The quantitative estimate of drug-likeness (QED) is 0.695. The molecular weight excluding hydrogens is 394 g/mol. The predicted octanol–water partition coefficient (Wildman–Crippen LogP) is 3.38. The van der Waals surface area contributed by atoms with Crippen LogP contribution in [0.25, 0.3) is 0 Å². The highest BCUT2D eigenvalue weighted by atomic mass is 32.2. The molecule has 1 N–H and O–H groups in total. The molecule has 0 atom stereocenters. The molecule has 4 rings (SSSR count). The lowest BCUT2D eigenvalue weighted by atomic mass is 10.1. The number of anilines is 2. The van der Waals surface area contributed by atoms with Crippen LogP contribution >= 0.6 is 11.3 Å². The van der Waals surface area contributed by atoms with Gasteiger partial charge in [-0.1, -0.05) is 24.3 Å². The smallest absolute Gasteiger partial charge is 0.263 e. The average molecular weight is 414 g/mol. The molecule has 0 saturated carbocycles. The molecule has 0 unspecified atom stereocenters. The number of carbonyl (C=O) groups excluding carboxylic acids is 1. The fourth-order valence-corrected chi connectivity index (χ4v) is 5.16. The van der Waals surface area contributed by atoms with E-state index in [4.69, 9.17) is 0 Å². The number of thiazole rings is 1. The van der Waals surface area contributed by atoms with Gasteiger partial charge in [-0.25, -0.2) is 13.4 Å². The summed E-state index contributed by atoms with van der Waals surface area (Å²) in [6, 6.07) is 12.7. The fraction of sp³-hybridized carbons (Fsp3) is 0.200. The van der Waals surface area contributed by atoms with Crippen LogP contribution in [-0.4, -0.2) is 25.9 Å². The standard InChI is InChI=1S/C20H19N3O3S2/c1-14-4-2-3-5-15(14)13-19(24)23-10-8-16-12-17(6-7-18(16)23)28(25,26)22-20-21-9-11-27-20/h2-7,9,11-12H,8,10,13H2,1H3,(H,21,22). The molecule has 0 radical (unpaired) electrons. The zero-order valence-electron chi connectivity index (χ0n) is 15.3. The van der Waals surface area contributed by atoms with Crippen LogP contribution in [0, 0.1) is 6.92 Å². The van der Waals surface area contributed by atoms with Crippen LogP contribution in [0.4, 0.5) is 10.8 Å². The Labute approximate surface area is 167 Å². The monoisotopic (exact) mass is 413 g/mol. The summed E-state index contributed by atoms with van der Waals surface area (Å²) in [6.07, 6.45) is 2.51. The maximum Gasteiger partial charge on any atom is 0.263 e. The number of nitrogens with one attached hydrogen (secondary N) is 1. The lowest BCUT2D eigenvalue weighted by Crippen LogP contribution is -2.30. The number of rotatable bonds is 5. The van der Waals surface area contributed by atoms with Gasteiger partial charge in [0.2, 0.25) is 5.91 Å². The molecule has 2 aromatic carbocycles. The number of carbonyl (C=O) groups is 1. The lowest BCUT2D eigenvalue weighted by Gasteiger charge is -2.18. The first-order valence-corrected chi connectivity index (χ1v) is 11.2. The Morgan fingerprint density at radius 1 is 1.25 bits per heavy atom. The van der Waals surface area contributed by atoms with Crippen LogP contribution in [0.15, 0.2) is 58.9 Å². The van der Waals surface area contributed by atoms with E-state index in [9.17, 15) is 13.2 Å². The first-order valence-electron chi connectivity index (χ1n) is 8.84. The summed E-state index contributed by atoms with van der Waals surface area (Å²) in [5.41, 5.74) is 3.74. The van der Waals surface area contributed by atoms with Gasteiger partial charge in [-0.05, 0) is 48.2 Å². The Morgan fingerprint density at radius 2 is 2.07 bits per heavy atom. The van der Waals surface area contributed by atoms with E-state index in [0.717, 1.165) is 22.4 Å². The summed E-state index contributed by atoms with van der Waals surface area (Å²) < 4.78 is 27.6. The van der Waals surface area contributed by atoms with Crippen LogP contribution in [0.5, 0.6) is 0 Å². The van der Waals surface area contributed by atoms with Gasteiger partial charge in [0, 0.05) is 23.8 Å². The molecule has 8 heteroatoms. The Morgan fingerprint density at radius 3 is 2.82 bits per heavy atom. The first-order chi connectivity index (χ1) is 13.4. The molecule has 2 heterocycles. The molecule has 3 aromatic rings. The van der Waals surface area contributed by atoms with Crippen LogP contribution in [-0.2, 0) is 27.7 Å². The second-order valence-corrected chi connectivity index (χ2v) is 9.21. The molecule has 0 spiro atoms. The minimum absolute atomic E-state index is 0.0181. The summed E-state index contributed by atoms with van der Waals surface area (Å²) in [6.45, 7) is 2.55. The fourth-order valence-electron chi connectivity index (χ4n) is 3.32. The maximum atomic E-state index is 12.8. The van der Waals surface area contributed by atoms with Crippen LogP contribution in [0.3, 0.4) is 0 Å². The summed E-state index contributed by atoms with van der Waals surface area (Å²) in [7, 11) is -3.70. The molecule has 1 aliphatic heterocycles. The molecule has 144 valence electrons. The molecule has 0 saturated heterocycles. The Kier molecular flexibility index (Phi) is 4.91. The lowest BCUT2D eigenvalue weighted by molar-refractivity contribution is -0.117. The largest absolute Gasteiger partial charge is 0.312 e. The van der Waals surface area contributed by atoms with Crippen molar-refractivity contribution in [3.63, 3.8) is 0 Å². The zero-order valence-corrected chi connectivity index (χ0v) is 16.9. The summed E-state index contributed by atoms with van der Waals surface area (Å²) in [5, 5.41) is 2.04. The van der Waals surface area contributed by atoms with E-state index < -0.39 is 10.0 Å². The number of nitrogens with zero attached hydrogens (tertiary/aromatic N) is 2. The third kappa shape index (κ3) is 3.65. The van der Waals surface area contributed by atoms with Crippen molar-refractivity contribution in [2.24, 2.45) is 0 Å². The summed E-state index contributed by atoms with van der Waals surface area (Å²) in [5.74, 6) is 0.0181. The van der Waals surface area contributed by atoms with Gasteiger partial charge in [-0.3, -0.25) is 9.52 Å². The van der Waals surface area contributed by atoms with Crippen molar-refractivity contribution in [2.45, 2.75) is 24.7 Å². The van der Waals surface area contributed by atoms with E-state index in [2.05, 4.69) is 9.71 Å². The van der Waals surface area contributed by atoms with E-state index >= 15 is 0 Å². The van der Waals surface area contributed by atoms with E-state index in [0.29, 0.717) is 24.5 Å². The molecule has 1 aromatic heterocycles. The van der Waals surface area contributed by atoms with Crippen molar-refractivity contribution < 1.29 is 13.2 Å². The maximum absolute atomic E-state index is 12.8. The molecule has 0 aliphatic carbocycles. The number of hydrogen-bond donors (Lipinski definition) is 1. The Bertz CT molecular complexity index is 1130. The second kappa shape index (κ2) is 7.37. The van der Waals surface area contributed by atoms with Gasteiger partial charge in [0.05, 0.1) is 11.3 Å². The van der Waals surface area contributed by atoms with Crippen molar-refractivity contribution in [3.05, 3.63) is 70.7 Å². The molecule has 0 bridgehead atoms.